The molecule has 5 rings (SSSR count). The standard InChI is InChI=1S/C34H31FN2O4/c1-2-28-32(34(36)38)37-41-33(28)29-19-26(16-13-23-14-17-27(35)18-15-23)30(39-21-24-9-5-3-6-10-24)20-31(29)40-22-25-11-7-4-8-12-25/h3-12,14-15,17-20H,2,13,16,21-22H2,1H3,(H2,36,38). The van der Waals surface area contributed by atoms with Gasteiger partial charge in [0.1, 0.15) is 30.5 Å². The van der Waals surface area contributed by atoms with Crippen LogP contribution in [0.15, 0.2) is 102 Å². The first-order chi connectivity index (χ1) is 20.0. The lowest BCUT2D eigenvalue weighted by Crippen LogP contribution is -2.13. The highest BCUT2D eigenvalue weighted by Gasteiger charge is 2.24. The predicted octanol–water partition coefficient (Wildman–Crippen LogP) is 7.09. The third-order valence-corrected chi connectivity index (χ3v) is 6.85. The zero-order chi connectivity index (χ0) is 28.6. The minimum atomic E-state index is -0.650. The van der Waals surface area contributed by atoms with E-state index in [0.29, 0.717) is 60.9 Å². The fourth-order valence-corrected chi connectivity index (χ4v) is 4.68. The summed E-state index contributed by atoms with van der Waals surface area (Å²) < 4.78 is 31.9. The minimum absolute atomic E-state index is 0.105. The Balaban J connectivity index is 1.57. The first-order valence-corrected chi connectivity index (χ1v) is 13.5. The maximum atomic E-state index is 13.5. The van der Waals surface area contributed by atoms with E-state index < -0.39 is 5.91 Å². The van der Waals surface area contributed by atoms with Gasteiger partial charge in [0.2, 0.25) is 0 Å². The molecule has 0 radical (unpaired) electrons. The molecule has 4 aromatic carbocycles. The average Bonchev–Trinajstić information content (AvgIpc) is 3.44. The number of amides is 1. The van der Waals surface area contributed by atoms with Gasteiger partial charge in [0.15, 0.2) is 11.5 Å². The molecule has 0 aliphatic heterocycles. The molecule has 0 fully saturated rings. The molecule has 0 atom stereocenters. The normalized spacial score (nSPS) is 10.9. The van der Waals surface area contributed by atoms with E-state index in [0.717, 1.165) is 22.3 Å². The first kappa shape index (κ1) is 27.6. The van der Waals surface area contributed by atoms with E-state index in [9.17, 15) is 9.18 Å². The number of halogens is 1. The molecule has 2 N–H and O–H groups in total. The summed E-state index contributed by atoms with van der Waals surface area (Å²) in [6.45, 7) is 2.61. The minimum Gasteiger partial charge on any atom is -0.488 e. The van der Waals surface area contributed by atoms with Crippen LogP contribution < -0.4 is 15.2 Å². The molecule has 0 aliphatic carbocycles. The molecule has 0 bridgehead atoms. The van der Waals surface area contributed by atoms with Gasteiger partial charge in [-0.3, -0.25) is 4.79 Å². The largest absolute Gasteiger partial charge is 0.488 e. The number of primary amides is 1. The molecule has 0 unspecified atom stereocenters. The number of hydrogen-bond donors (Lipinski definition) is 1. The molecule has 6 nitrogen and oxygen atoms in total. The predicted molar refractivity (Wildman–Crippen MR) is 155 cm³/mol. The van der Waals surface area contributed by atoms with Gasteiger partial charge in [0.25, 0.3) is 5.91 Å². The third-order valence-electron chi connectivity index (χ3n) is 6.85. The van der Waals surface area contributed by atoms with Crippen molar-refractivity contribution in [2.75, 3.05) is 0 Å². The second-order valence-corrected chi connectivity index (χ2v) is 9.69. The smallest absolute Gasteiger partial charge is 0.271 e. The van der Waals surface area contributed by atoms with Gasteiger partial charge in [-0.25, -0.2) is 4.39 Å². The summed E-state index contributed by atoms with van der Waals surface area (Å²) in [5, 5.41) is 3.98. The number of ether oxygens (including phenoxy) is 2. The van der Waals surface area contributed by atoms with E-state index >= 15 is 0 Å². The van der Waals surface area contributed by atoms with Crippen molar-refractivity contribution in [1.29, 1.82) is 0 Å². The molecule has 0 saturated heterocycles. The molecule has 7 heteroatoms. The number of rotatable bonds is 12. The summed E-state index contributed by atoms with van der Waals surface area (Å²) in [5.74, 6) is 0.704. The van der Waals surface area contributed by atoms with Crippen LogP contribution in [0.25, 0.3) is 11.3 Å². The van der Waals surface area contributed by atoms with Crippen LogP contribution in [0.3, 0.4) is 0 Å². The summed E-state index contributed by atoms with van der Waals surface area (Å²) >= 11 is 0. The Bertz CT molecular complexity index is 1600. The Labute approximate surface area is 238 Å². The second-order valence-electron chi connectivity index (χ2n) is 9.69. The Kier molecular flexibility index (Phi) is 8.74. The van der Waals surface area contributed by atoms with Gasteiger partial charge >= 0.3 is 0 Å². The number of nitrogens with two attached hydrogens (primary N) is 1. The van der Waals surface area contributed by atoms with Gasteiger partial charge in [0.05, 0.1) is 5.56 Å². The molecule has 0 aliphatic rings. The van der Waals surface area contributed by atoms with Crippen molar-refractivity contribution in [3.63, 3.8) is 0 Å². The van der Waals surface area contributed by atoms with E-state index in [4.69, 9.17) is 19.7 Å². The number of aromatic nitrogens is 1. The lowest BCUT2D eigenvalue weighted by atomic mass is 9.97. The summed E-state index contributed by atoms with van der Waals surface area (Å²) in [6, 6.07) is 30.1. The van der Waals surface area contributed by atoms with Crippen LogP contribution in [0.1, 0.15) is 45.2 Å². The first-order valence-electron chi connectivity index (χ1n) is 13.5. The van der Waals surface area contributed by atoms with Crippen molar-refractivity contribution in [2.24, 2.45) is 5.73 Å². The summed E-state index contributed by atoms with van der Waals surface area (Å²) in [4.78, 5) is 12.1. The van der Waals surface area contributed by atoms with Crippen LogP contribution in [0.4, 0.5) is 4.39 Å². The molecule has 1 aromatic heterocycles. The van der Waals surface area contributed by atoms with Crippen molar-refractivity contribution < 1.29 is 23.2 Å². The number of carbonyl (C=O) groups excluding carboxylic acids is 1. The van der Waals surface area contributed by atoms with Crippen molar-refractivity contribution >= 4 is 5.91 Å². The Morgan fingerprint density at radius 1 is 0.805 bits per heavy atom. The average molecular weight is 551 g/mol. The zero-order valence-electron chi connectivity index (χ0n) is 22.8. The van der Waals surface area contributed by atoms with Crippen LogP contribution in [0.5, 0.6) is 11.5 Å². The van der Waals surface area contributed by atoms with E-state index in [1.165, 1.54) is 12.1 Å². The van der Waals surface area contributed by atoms with Crippen LogP contribution in [0, 0.1) is 5.82 Å². The van der Waals surface area contributed by atoms with Gasteiger partial charge in [0, 0.05) is 11.6 Å². The van der Waals surface area contributed by atoms with E-state index in [2.05, 4.69) is 5.16 Å². The summed E-state index contributed by atoms with van der Waals surface area (Å²) in [6.07, 6.45) is 1.77. The topological polar surface area (TPSA) is 87.6 Å². The second kappa shape index (κ2) is 13.0. The molecule has 208 valence electrons. The zero-order valence-corrected chi connectivity index (χ0v) is 22.8. The maximum absolute atomic E-state index is 13.5. The highest BCUT2D eigenvalue weighted by Crippen LogP contribution is 2.40. The van der Waals surface area contributed by atoms with Gasteiger partial charge < -0.3 is 19.7 Å². The quantitative estimate of drug-likeness (QED) is 0.179. The molecule has 1 heterocycles. The van der Waals surface area contributed by atoms with Crippen LogP contribution >= 0.6 is 0 Å². The van der Waals surface area contributed by atoms with E-state index in [1.807, 2.05) is 79.7 Å². The van der Waals surface area contributed by atoms with Crippen molar-refractivity contribution in [2.45, 2.75) is 39.4 Å². The van der Waals surface area contributed by atoms with E-state index in [1.54, 1.807) is 12.1 Å². The molecule has 0 saturated carbocycles. The molecule has 5 aromatic rings. The van der Waals surface area contributed by atoms with E-state index in [-0.39, 0.29) is 11.5 Å². The molecular weight excluding hydrogens is 519 g/mol. The highest BCUT2D eigenvalue weighted by atomic mass is 19.1. The van der Waals surface area contributed by atoms with Crippen molar-refractivity contribution in [3.8, 4) is 22.8 Å². The van der Waals surface area contributed by atoms with Crippen molar-refractivity contribution in [3.05, 3.63) is 136 Å². The van der Waals surface area contributed by atoms with Crippen molar-refractivity contribution in [1.82, 2.24) is 5.16 Å². The van der Waals surface area contributed by atoms with Crippen LogP contribution in [0.2, 0.25) is 0 Å². The summed E-state index contributed by atoms with van der Waals surface area (Å²) in [5.41, 5.74) is 10.9. The Hall–Kier alpha value is -4.91. The van der Waals surface area contributed by atoms with Gasteiger partial charge in [-0.2, -0.15) is 0 Å². The lowest BCUT2D eigenvalue weighted by molar-refractivity contribution is 0.0991. The van der Waals surface area contributed by atoms with Crippen LogP contribution in [-0.2, 0) is 32.5 Å². The number of benzene rings is 4. The third kappa shape index (κ3) is 6.81. The van der Waals surface area contributed by atoms with Gasteiger partial charge in [-0.15, -0.1) is 0 Å². The Morgan fingerprint density at radius 3 is 2.00 bits per heavy atom. The lowest BCUT2D eigenvalue weighted by Gasteiger charge is -2.18. The summed E-state index contributed by atoms with van der Waals surface area (Å²) in [7, 11) is 0. The molecule has 0 spiro atoms. The van der Waals surface area contributed by atoms with Gasteiger partial charge in [-0.1, -0.05) is 84.9 Å². The molecule has 41 heavy (non-hydrogen) atoms. The number of nitrogens with zero attached hydrogens (tertiary/aromatic N) is 1. The number of carbonyl (C=O) groups is 1. The number of hydrogen-bond acceptors (Lipinski definition) is 5. The fourth-order valence-electron chi connectivity index (χ4n) is 4.68. The van der Waals surface area contributed by atoms with Gasteiger partial charge in [-0.05, 0) is 59.7 Å². The maximum Gasteiger partial charge on any atom is 0.271 e. The highest BCUT2D eigenvalue weighted by molar-refractivity contribution is 5.94. The fraction of sp³-hybridized carbons (Fsp3) is 0.176. The Morgan fingerprint density at radius 2 is 1.41 bits per heavy atom. The monoisotopic (exact) mass is 550 g/mol. The van der Waals surface area contributed by atoms with Crippen LogP contribution in [-0.4, -0.2) is 11.1 Å². The number of aryl methyl sites for hydroxylation is 2. The SMILES string of the molecule is CCc1c(C(N)=O)noc1-c1cc(CCc2ccc(F)cc2)c(OCc2ccccc2)cc1OCc1ccccc1. The molecular formula is C34H31FN2O4. The molecule has 1 amide bonds.